The molecule has 20 heavy (non-hydrogen) atoms. The Bertz CT molecular complexity index is 604. The minimum atomic E-state index is 0.258. The third kappa shape index (κ3) is 2.61. The Hall–Kier alpha value is -2.06. The topological polar surface area (TPSA) is 21.3 Å². The van der Waals surface area contributed by atoms with Crippen LogP contribution in [0, 0.1) is 0 Å². The van der Waals surface area contributed by atoms with Crippen molar-refractivity contribution in [3.05, 3.63) is 71.3 Å². The van der Waals surface area contributed by atoms with E-state index < -0.39 is 0 Å². The minimum absolute atomic E-state index is 0.258. The molecule has 0 bridgehead atoms. The zero-order valence-electron chi connectivity index (χ0n) is 11.7. The molecular formula is C18H19NO. The number of fused-ring (bicyclic) bond motifs is 1. The van der Waals surface area contributed by atoms with Crippen LogP contribution in [-0.4, -0.2) is 13.7 Å². The molecule has 0 aliphatic carbocycles. The van der Waals surface area contributed by atoms with Gasteiger partial charge in [-0.3, -0.25) is 0 Å². The quantitative estimate of drug-likeness (QED) is 0.915. The molecular weight excluding hydrogens is 246 g/mol. The van der Waals surface area contributed by atoms with Gasteiger partial charge in [-0.25, -0.2) is 0 Å². The Morgan fingerprint density at radius 2 is 1.95 bits per heavy atom. The summed E-state index contributed by atoms with van der Waals surface area (Å²) in [6.45, 7) is 0.983. The Morgan fingerprint density at radius 1 is 1.10 bits per heavy atom. The van der Waals surface area contributed by atoms with Crippen molar-refractivity contribution < 1.29 is 4.74 Å². The fraction of sp³-hybridized carbons (Fsp3) is 0.222. The lowest BCUT2D eigenvalue weighted by Crippen LogP contribution is -2.28. The van der Waals surface area contributed by atoms with E-state index in [1.54, 1.807) is 7.11 Å². The van der Waals surface area contributed by atoms with E-state index in [-0.39, 0.29) is 6.04 Å². The van der Waals surface area contributed by atoms with Crippen LogP contribution in [0.3, 0.4) is 0 Å². The summed E-state index contributed by atoms with van der Waals surface area (Å²) in [7, 11) is 1.74. The summed E-state index contributed by atoms with van der Waals surface area (Å²) < 4.78 is 5.47. The van der Waals surface area contributed by atoms with Crippen LogP contribution in [0.2, 0.25) is 0 Å². The second-order valence-electron chi connectivity index (χ2n) is 4.98. The fourth-order valence-electron chi connectivity index (χ4n) is 2.74. The highest BCUT2D eigenvalue weighted by Gasteiger charge is 2.19. The second kappa shape index (κ2) is 5.93. The Balaban J connectivity index is 1.89. The van der Waals surface area contributed by atoms with Crippen LogP contribution < -0.4 is 10.1 Å². The van der Waals surface area contributed by atoms with Gasteiger partial charge in [0.05, 0.1) is 13.2 Å². The highest BCUT2D eigenvalue weighted by Crippen LogP contribution is 2.31. The van der Waals surface area contributed by atoms with Crippen molar-refractivity contribution in [2.75, 3.05) is 13.7 Å². The monoisotopic (exact) mass is 265 g/mol. The maximum absolute atomic E-state index is 5.47. The molecule has 2 aromatic carbocycles. The standard InChI is InChI=1S/C18H19NO/c1-20-18-9-5-8-15-16(18)12-13-19-17(15)11-10-14-6-3-2-4-7-14/h2-11,17,19H,12-13H2,1H3/b11-10+. The Morgan fingerprint density at radius 3 is 2.75 bits per heavy atom. The van der Waals surface area contributed by atoms with Gasteiger partial charge in [0.25, 0.3) is 0 Å². The number of nitrogens with one attached hydrogen (secondary N) is 1. The van der Waals surface area contributed by atoms with Gasteiger partial charge in [-0.1, -0.05) is 54.6 Å². The largest absolute Gasteiger partial charge is 0.496 e. The van der Waals surface area contributed by atoms with Gasteiger partial charge in [0, 0.05) is 12.1 Å². The molecule has 1 heterocycles. The van der Waals surface area contributed by atoms with Crippen LogP contribution in [0.15, 0.2) is 54.6 Å². The molecule has 1 unspecified atom stereocenters. The Kier molecular flexibility index (Phi) is 3.84. The maximum atomic E-state index is 5.47. The van der Waals surface area contributed by atoms with Crippen molar-refractivity contribution >= 4 is 6.08 Å². The summed E-state index contributed by atoms with van der Waals surface area (Å²) in [5, 5.41) is 3.55. The molecule has 3 rings (SSSR count). The summed E-state index contributed by atoms with van der Waals surface area (Å²) in [4.78, 5) is 0. The van der Waals surface area contributed by atoms with E-state index in [9.17, 15) is 0 Å². The van der Waals surface area contributed by atoms with Crippen LogP contribution in [0.25, 0.3) is 6.08 Å². The third-order valence-corrected chi connectivity index (χ3v) is 3.74. The van der Waals surface area contributed by atoms with Crippen LogP contribution in [-0.2, 0) is 6.42 Å². The molecule has 2 aromatic rings. The zero-order chi connectivity index (χ0) is 13.8. The maximum Gasteiger partial charge on any atom is 0.122 e. The smallest absolute Gasteiger partial charge is 0.122 e. The zero-order valence-corrected chi connectivity index (χ0v) is 11.7. The second-order valence-corrected chi connectivity index (χ2v) is 4.98. The molecule has 1 aliphatic rings. The molecule has 0 aromatic heterocycles. The van der Waals surface area contributed by atoms with Crippen molar-refractivity contribution in [2.45, 2.75) is 12.5 Å². The molecule has 1 atom stereocenters. The average molecular weight is 265 g/mol. The molecule has 0 fully saturated rings. The summed E-state index contributed by atoms with van der Waals surface area (Å²) >= 11 is 0. The van der Waals surface area contributed by atoms with Crippen molar-refractivity contribution in [3.63, 3.8) is 0 Å². The summed E-state index contributed by atoms with van der Waals surface area (Å²) in [5.74, 6) is 1.00. The van der Waals surface area contributed by atoms with E-state index in [0.717, 1.165) is 18.7 Å². The molecule has 102 valence electrons. The van der Waals surface area contributed by atoms with Gasteiger partial charge < -0.3 is 10.1 Å². The van der Waals surface area contributed by atoms with E-state index in [1.165, 1.54) is 16.7 Å². The molecule has 0 amide bonds. The lowest BCUT2D eigenvalue weighted by molar-refractivity contribution is 0.404. The van der Waals surface area contributed by atoms with E-state index >= 15 is 0 Å². The normalized spacial score (nSPS) is 17.9. The van der Waals surface area contributed by atoms with E-state index in [1.807, 2.05) is 12.1 Å². The number of methoxy groups -OCH3 is 1. The van der Waals surface area contributed by atoms with Gasteiger partial charge in [0.1, 0.15) is 5.75 Å². The first-order valence-electron chi connectivity index (χ1n) is 7.01. The van der Waals surface area contributed by atoms with Gasteiger partial charge in [0.15, 0.2) is 0 Å². The molecule has 0 saturated carbocycles. The van der Waals surface area contributed by atoms with Crippen molar-refractivity contribution in [3.8, 4) is 5.75 Å². The van der Waals surface area contributed by atoms with E-state index in [2.05, 4.69) is 53.9 Å². The van der Waals surface area contributed by atoms with Gasteiger partial charge in [0.2, 0.25) is 0 Å². The van der Waals surface area contributed by atoms with Gasteiger partial charge in [-0.2, -0.15) is 0 Å². The lowest BCUT2D eigenvalue weighted by atomic mass is 9.93. The highest BCUT2D eigenvalue weighted by molar-refractivity contribution is 5.52. The van der Waals surface area contributed by atoms with E-state index in [0.29, 0.717) is 0 Å². The van der Waals surface area contributed by atoms with Gasteiger partial charge >= 0.3 is 0 Å². The first-order valence-corrected chi connectivity index (χ1v) is 7.01. The van der Waals surface area contributed by atoms with Crippen molar-refractivity contribution in [1.82, 2.24) is 5.32 Å². The van der Waals surface area contributed by atoms with Crippen LogP contribution in [0.4, 0.5) is 0 Å². The summed E-state index contributed by atoms with van der Waals surface area (Å²) in [5.41, 5.74) is 3.88. The number of benzene rings is 2. The Labute approximate surface area is 120 Å². The molecule has 0 radical (unpaired) electrons. The number of hydrogen-bond donors (Lipinski definition) is 1. The van der Waals surface area contributed by atoms with E-state index in [4.69, 9.17) is 4.74 Å². The molecule has 2 heteroatoms. The van der Waals surface area contributed by atoms with Crippen LogP contribution in [0.5, 0.6) is 5.75 Å². The first-order chi connectivity index (χ1) is 9.88. The van der Waals surface area contributed by atoms with Gasteiger partial charge in [-0.15, -0.1) is 0 Å². The number of ether oxygens (including phenoxy) is 1. The fourth-order valence-corrected chi connectivity index (χ4v) is 2.74. The van der Waals surface area contributed by atoms with Crippen molar-refractivity contribution in [1.29, 1.82) is 0 Å². The first kappa shape index (κ1) is 12.9. The predicted molar refractivity (Wildman–Crippen MR) is 82.9 cm³/mol. The molecule has 1 N–H and O–H groups in total. The molecule has 0 spiro atoms. The lowest BCUT2D eigenvalue weighted by Gasteiger charge is -2.26. The summed E-state index contributed by atoms with van der Waals surface area (Å²) in [6, 6.07) is 16.9. The highest BCUT2D eigenvalue weighted by atomic mass is 16.5. The molecule has 1 aliphatic heterocycles. The van der Waals surface area contributed by atoms with Crippen LogP contribution >= 0.6 is 0 Å². The molecule has 2 nitrogen and oxygen atoms in total. The number of rotatable bonds is 3. The van der Waals surface area contributed by atoms with Gasteiger partial charge in [-0.05, 0) is 23.6 Å². The SMILES string of the molecule is COc1cccc2c1CCNC2/C=C/c1ccccc1. The third-order valence-electron chi connectivity index (χ3n) is 3.74. The average Bonchev–Trinajstić information content (AvgIpc) is 2.53. The van der Waals surface area contributed by atoms with Crippen LogP contribution in [0.1, 0.15) is 22.7 Å². The molecule has 0 saturated heterocycles. The van der Waals surface area contributed by atoms with Crippen molar-refractivity contribution in [2.24, 2.45) is 0 Å². The minimum Gasteiger partial charge on any atom is -0.496 e. The summed E-state index contributed by atoms with van der Waals surface area (Å²) in [6.07, 6.45) is 5.42. The predicted octanol–water partition coefficient (Wildman–Crippen LogP) is 3.60. The number of hydrogen-bond acceptors (Lipinski definition) is 2.